The summed E-state index contributed by atoms with van der Waals surface area (Å²) in [6, 6.07) is 3.47. The van der Waals surface area contributed by atoms with Crippen molar-refractivity contribution < 1.29 is 10.2 Å². The number of unbranched alkanes of at least 4 members (excludes halogenated alkanes) is 13. The molecular formula is C25H44BrNO2. The van der Waals surface area contributed by atoms with Crippen LogP contribution in [-0.4, -0.2) is 28.2 Å². The summed E-state index contributed by atoms with van der Waals surface area (Å²) in [4.78, 5) is 2.49. The Kier molecular flexibility index (Phi) is 14.5. The molecule has 3 nitrogen and oxygen atoms in total. The maximum Gasteiger partial charge on any atom is 0.157 e. The first-order valence-electron chi connectivity index (χ1n) is 12.0. The van der Waals surface area contributed by atoms with Gasteiger partial charge in [-0.05, 0) is 42.6 Å². The minimum Gasteiger partial charge on any atom is -0.504 e. The molecule has 168 valence electrons. The monoisotopic (exact) mass is 469 g/mol. The van der Waals surface area contributed by atoms with Crippen molar-refractivity contribution in [2.75, 3.05) is 13.1 Å². The third kappa shape index (κ3) is 10.7. The number of rotatable bonds is 15. The van der Waals surface area contributed by atoms with Gasteiger partial charge in [0.1, 0.15) is 0 Å². The predicted octanol–water partition coefficient (Wildman–Crippen LogP) is 7.52. The highest BCUT2D eigenvalue weighted by atomic mass is 79.9. The molecule has 0 saturated carbocycles. The van der Waals surface area contributed by atoms with E-state index in [1.165, 1.54) is 101 Å². The van der Waals surface area contributed by atoms with Gasteiger partial charge in [-0.15, -0.1) is 17.0 Å². The Morgan fingerprint density at radius 2 is 1.14 bits per heavy atom. The number of phenolic OH excluding ortho intramolecular Hbond substituents is 2. The molecule has 2 N–H and O–H groups in total. The molecule has 4 heteroatoms. The normalized spacial score (nSPS) is 13.8. The van der Waals surface area contributed by atoms with Crippen molar-refractivity contribution in [3.63, 3.8) is 0 Å². The van der Waals surface area contributed by atoms with E-state index in [1.807, 2.05) is 0 Å². The van der Waals surface area contributed by atoms with E-state index < -0.39 is 0 Å². The fourth-order valence-electron chi connectivity index (χ4n) is 4.36. The second kappa shape index (κ2) is 16.0. The van der Waals surface area contributed by atoms with Crippen LogP contribution in [0.15, 0.2) is 12.1 Å². The molecular weight excluding hydrogens is 426 g/mol. The Morgan fingerprint density at radius 1 is 0.690 bits per heavy atom. The van der Waals surface area contributed by atoms with Gasteiger partial charge >= 0.3 is 0 Å². The first-order valence-corrected chi connectivity index (χ1v) is 12.0. The lowest BCUT2D eigenvalue weighted by Crippen LogP contribution is -2.31. The second-order valence-electron chi connectivity index (χ2n) is 8.73. The molecule has 1 heterocycles. The first kappa shape index (κ1) is 26.3. The molecule has 0 unspecified atom stereocenters. The summed E-state index contributed by atoms with van der Waals surface area (Å²) in [6.07, 6.45) is 20.6. The van der Waals surface area contributed by atoms with Crippen LogP contribution in [0.3, 0.4) is 0 Å². The van der Waals surface area contributed by atoms with E-state index in [9.17, 15) is 10.2 Å². The zero-order chi connectivity index (χ0) is 20.0. The summed E-state index contributed by atoms with van der Waals surface area (Å²) < 4.78 is 0. The van der Waals surface area contributed by atoms with Crippen LogP contribution >= 0.6 is 17.0 Å². The number of nitrogens with zero attached hydrogens (tertiary/aromatic N) is 1. The average molecular weight is 471 g/mol. The highest BCUT2D eigenvalue weighted by molar-refractivity contribution is 8.93. The number of hydrogen-bond acceptors (Lipinski definition) is 3. The molecule has 1 aromatic carbocycles. The molecule has 0 radical (unpaired) electrons. The third-order valence-electron chi connectivity index (χ3n) is 6.22. The average Bonchev–Trinajstić information content (AvgIpc) is 2.69. The lowest BCUT2D eigenvalue weighted by Gasteiger charge is -2.29. The summed E-state index contributed by atoms with van der Waals surface area (Å²) in [5.74, 6) is 0.0243. The Morgan fingerprint density at radius 3 is 1.66 bits per heavy atom. The zero-order valence-corrected chi connectivity index (χ0v) is 20.3. The van der Waals surface area contributed by atoms with E-state index in [-0.39, 0.29) is 28.5 Å². The van der Waals surface area contributed by atoms with Gasteiger partial charge < -0.3 is 10.2 Å². The van der Waals surface area contributed by atoms with Crippen molar-refractivity contribution in [3.8, 4) is 11.5 Å². The van der Waals surface area contributed by atoms with Crippen molar-refractivity contribution in [3.05, 3.63) is 23.3 Å². The molecule has 0 amide bonds. The Labute approximate surface area is 189 Å². The van der Waals surface area contributed by atoms with Crippen LogP contribution < -0.4 is 0 Å². The van der Waals surface area contributed by atoms with Gasteiger partial charge in [0, 0.05) is 13.1 Å². The van der Waals surface area contributed by atoms with Crippen LogP contribution in [0.4, 0.5) is 0 Å². The lowest BCUT2D eigenvalue weighted by molar-refractivity contribution is 0.247. The zero-order valence-electron chi connectivity index (χ0n) is 18.6. The van der Waals surface area contributed by atoms with E-state index in [1.54, 1.807) is 12.1 Å². The van der Waals surface area contributed by atoms with Gasteiger partial charge in [-0.3, -0.25) is 4.90 Å². The van der Waals surface area contributed by atoms with Gasteiger partial charge in [0.2, 0.25) is 0 Å². The summed E-state index contributed by atoms with van der Waals surface area (Å²) >= 11 is 0. The maximum atomic E-state index is 9.70. The number of benzene rings is 1. The van der Waals surface area contributed by atoms with Crippen LogP contribution in [0.5, 0.6) is 11.5 Å². The van der Waals surface area contributed by atoms with E-state index in [4.69, 9.17) is 0 Å². The van der Waals surface area contributed by atoms with Crippen LogP contribution in [0.25, 0.3) is 0 Å². The summed E-state index contributed by atoms with van der Waals surface area (Å²) in [6.45, 7) is 5.41. The summed E-state index contributed by atoms with van der Waals surface area (Å²) in [5, 5.41) is 19.3. The Hall–Kier alpha value is -0.740. The highest BCUT2D eigenvalue weighted by Crippen LogP contribution is 2.31. The molecule has 0 bridgehead atoms. The SMILES string of the molecule is Br.CCCCCCCCCCCCCCCCN1CCc2cc(O)c(O)cc2C1. The molecule has 1 aromatic rings. The van der Waals surface area contributed by atoms with Crippen LogP contribution in [-0.2, 0) is 13.0 Å². The molecule has 2 rings (SSSR count). The number of hydrogen-bond donors (Lipinski definition) is 2. The standard InChI is InChI=1S/C25H43NO2.BrH/c1-2-3-4-5-6-7-8-9-10-11-12-13-14-15-17-26-18-16-22-19-24(27)25(28)20-23(22)21-26;/h19-20,27-28H,2-18,21H2,1H3;1H. The van der Waals surface area contributed by atoms with E-state index >= 15 is 0 Å². The van der Waals surface area contributed by atoms with E-state index in [0.29, 0.717) is 0 Å². The topological polar surface area (TPSA) is 43.7 Å². The van der Waals surface area contributed by atoms with E-state index in [2.05, 4.69) is 11.8 Å². The van der Waals surface area contributed by atoms with Gasteiger partial charge in [0.25, 0.3) is 0 Å². The van der Waals surface area contributed by atoms with Crippen molar-refractivity contribution >= 4 is 17.0 Å². The number of phenols is 2. The van der Waals surface area contributed by atoms with Crippen LogP contribution in [0.2, 0.25) is 0 Å². The van der Waals surface area contributed by atoms with Crippen molar-refractivity contribution in [2.24, 2.45) is 0 Å². The van der Waals surface area contributed by atoms with Gasteiger partial charge in [-0.25, -0.2) is 0 Å². The largest absolute Gasteiger partial charge is 0.504 e. The number of fused-ring (bicyclic) bond motifs is 1. The van der Waals surface area contributed by atoms with Gasteiger partial charge in [0.05, 0.1) is 0 Å². The maximum absolute atomic E-state index is 9.70. The molecule has 0 aromatic heterocycles. The molecule has 0 spiro atoms. The van der Waals surface area contributed by atoms with Gasteiger partial charge in [-0.2, -0.15) is 0 Å². The Balaban J connectivity index is 0.00000420. The van der Waals surface area contributed by atoms with Gasteiger partial charge in [-0.1, -0.05) is 90.4 Å². The minimum atomic E-state index is 0. The van der Waals surface area contributed by atoms with Crippen molar-refractivity contribution in [2.45, 2.75) is 110 Å². The van der Waals surface area contributed by atoms with Gasteiger partial charge in [0.15, 0.2) is 11.5 Å². The minimum absolute atomic E-state index is 0. The quantitative estimate of drug-likeness (QED) is 0.206. The third-order valence-corrected chi connectivity index (χ3v) is 6.22. The second-order valence-corrected chi connectivity index (χ2v) is 8.73. The van der Waals surface area contributed by atoms with E-state index in [0.717, 1.165) is 26.1 Å². The molecule has 0 atom stereocenters. The summed E-state index contributed by atoms with van der Waals surface area (Å²) in [5.41, 5.74) is 2.36. The van der Waals surface area contributed by atoms with Crippen molar-refractivity contribution in [1.82, 2.24) is 4.90 Å². The highest BCUT2D eigenvalue weighted by Gasteiger charge is 2.17. The molecule has 1 aliphatic heterocycles. The molecule has 0 fully saturated rings. The number of halogens is 1. The number of aromatic hydroxyl groups is 2. The van der Waals surface area contributed by atoms with Crippen molar-refractivity contribution in [1.29, 1.82) is 0 Å². The predicted molar refractivity (Wildman–Crippen MR) is 129 cm³/mol. The molecule has 0 aliphatic carbocycles. The fraction of sp³-hybridized carbons (Fsp3) is 0.760. The smallest absolute Gasteiger partial charge is 0.157 e. The molecule has 29 heavy (non-hydrogen) atoms. The molecule has 1 aliphatic rings. The molecule has 0 saturated heterocycles. The Bertz CT molecular complexity index is 550. The van der Waals surface area contributed by atoms with Crippen LogP contribution in [0.1, 0.15) is 108 Å². The lowest BCUT2D eigenvalue weighted by atomic mass is 9.98. The van der Waals surface area contributed by atoms with Crippen LogP contribution in [0, 0.1) is 0 Å². The first-order chi connectivity index (χ1) is 13.7. The summed E-state index contributed by atoms with van der Waals surface area (Å²) in [7, 11) is 0. The fourth-order valence-corrected chi connectivity index (χ4v) is 4.36.